The number of para-hydroxylation sites is 1. The van der Waals surface area contributed by atoms with Crippen LogP contribution in [0.2, 0.25) is 0 Å². The van der Waals surface area contributed by atoms with E-state index in [2.05, 4.69) is 16.0 Å². The summed E-state index contributed by atoms with van der Waals surface area (Å²) < 4.78 is 38.5. The SMILES string of the molecule is O=C(CNC(=O)NC1CCCCC1)Nc1ccccc1C(F)(F)F. The highest BCUT2D eigenvalue weighted by Crippen LogP contribution is 2.34. The lowest BCUT2D eigenvalue weighted by molar-refractivity contribution is -0.137. The number of alkyl halides is 3. The minimum absolute atomic E-state index is 0.0905. The number of carbonyl (C=O) groups is 2. The van der Waals surface area contributed by atoms with Gasteiger partial charge in [0, 0.05) is 6.04 Å². The van der Waals surface area contributed by atoms with Gasteiger partial charge in [0.05, 0.1) is 17.8 Å². The first-order chi connectivity index (χ1) is 11.4. The summed E-state index contributed by atoms with van der Waals surface area (Å²) in [5, 5.41) is 7.30. The van der Waals surface area contributed by atoms with Crippen molar-refractivity contribution in [1.82, 2.24) is 10.6 Å². The fraction of sp³-hybridized carbons (Fsp3) is 0.500. The van der Waals surface area contributed by atoms with E-state index in [0.29, 0.717) is 0 Å². The van der Waals surface area contributed by atoms with Crippen molar-refractivity contribution in [2.45, 2.75) is 44.3 Å². The maximum absolute atomic E-state index is 12.8. The summed E-state index contributed by atoms with van der Waals surface area (Å²) in [5.74, 6) is -0.717. The zero-order valence-corrected chi connectivity index (χ0v) is 13.1. The lowest BCUT2D eigenvalue weighted by Gasteiger charge is -2.22. The Morgan fingerprint density at radius 3 is 2.42 bits per heavy atom. The van der Waals surface area contributed by atoms with Crippen LogP contribution in [-0.2, 0) is 11.0 Å². The Kier molecular flexibility index (Phi) is 6.05. The van der Waals surface area contributed by atoms with E-state index in [0.717, 1.165) is 38.2 Å². The first-order valence-corrected chi connectivity index (χ1v) is 7.86. The quantitative estimate of drug-likeness (QED) is 0.785. The van der Waals surface area contributed by atoms with Gasteiger partial charge in [0.25, 0.3) is 0 Å². The van der Waals surface area contributed by atoms with Crippen LogP contribution in [0.4, 0.5) is 23.7 Å². The first-order valence-electron chi connectivity index (χ1n) is 7.86. The van der Waals surface area contributed by atoms with E-state index in [1.54, 1.807) is 0 Å². The van der Waals surface area contributed by atoms with Crippen molar-refractivity contribution < 1.29 is 22.8 Å². The number of anilines is 1. The number of rotatable bonds is 4. The van der Waals surface area contributed by atoms with Gasteiger partial charge < -0.3 is 16.0 Å². The standard InChI is InChI=1S/C16H20F3N3O2/c17-16(18,19)12-8-4-5-9-13(12)22-14(23)10-20-15(24)21-11-6-2-1-3-7-11/h4-5,8-9,11H,1-3,6-7,10H2,(H,22,23)(H2,20,21,24). The fourth-order valence-corrected chi connectivity index (χ4v) is 2.68. The summed E-state index contributed by atoms with van der Waals surface area (Å²) in [7, 11) is 0. The molecule has 1 aromatic rings. The maximum Gasteiger partial charge on any atom is 0.418 e. The zero-order chi connectivity index (χ0) is 17.6. The van der Waals surface area contributed by atoms with Crippen molar-refractivity contribution in [1.29, 1.82) is 0 Å². The van der Waals surface area contributed by atoms with Gasteiger partial charge in [-0.05, 0) is 25.0 Å². The molecule has 3 amide bonds. The Balaban J connectivity index is 1.82. The van der Waals surface area contributed by atoms with E-state index in [4.69, 9.17) is 0 Å². The van der Waals surface area contributed by atoms with E-state index in [1.165, 1.54) is 18.2 Å². The van der Waals surface area contributed by atoms with Gasteiger partial charge in [-0.15, -0.1) is 0 Å². The lowest BCUT2D eigenvalue weighted by atomic mass is 9.96. The molecule has 1 fully saturated rings. The highest BCUT2D eigenvalue weighted by Gasteiger charge is 2.33. The van der Waals surface area contributed by atoms with Crippen LogP contribution in [0, 0.1) is 0 Å². The van der Waals surface area contributed by atoms with Crippen molar-refractivity contribution in [3.05, 3.63) is 29.8 Å². The minimum Gasteiger partial charge on any atom is -0.335 e. The highest BCUT2D eigenvalue weighted by molar-refractivity contribution is 5.95. The number of halogens is 3. The van der Waals surface area contributed by atoms with Crippen molar-refractivity contribution >= 4 is 17.6 Å². The monoisotopic (exact) mass is 343 g/mol. The van der Waals surface area contributed by atoms with E-state index >= 15 is 0 Å². The van der Waals surface area contributed by atoms with Crippen LogP contribution in [0.1, 0.15) is 37.7 Å². The van der Waals surface area contributed by atoms with Crippen molar-refractivity contribution in [2.24, 2.45) is 0 Å². The van der Waals surface area contributed by atoms with Crippen LogP contribution in [0.5, 0.6) is 0 Å². The first kappa shape index (κ1) is 18.1. The molecule has 0 aromatic heterocycles. The molecule has 0 saturated heterocycles. The van der Waals surface area contributed by atoms with E-state index in [-0.39, 0.29) is 11.7 Å². The molecule has 1 aliphatic carbocycles. The van der Waals surface area contributed by atoms with Crippen LogP contribution in [0.15, 0.2) is 24.3 Å². The van der Waals surface area contributed by atoms with Gasteiger partial charge in [0.1, 0.15) is 0 Å². The number of amides is 3. The molecule has 0 unspecified atom stereocenters. The largest absolute Gasteiger partial charge is 0.418 e. The number of nitrogens with one attached hydrogen (secondary N) is 3. The topological polar surface area (TPSA) is 70.2 Å². The third kappa shape index (κ3) is 5.43. The fourth-order valence-electron chi connectivity index (χ4n) is 2.68. The second-order valence-corrected chi connectivity index (χ2v) is 5.75. The molecule has 1 aromatic carbocycles. The molecule has 2 rings (SSSR count). The Hall–Kier alpha value is -2.25. The molecule has 1 aliphatic rings. The predicted molar refractivity (Wildman–Crippen MR) is 83.5 cm³/mol. The molecule has 5 nitrogen and oxygen atoms in total. The minimum atomic E-state index is -4.56. The molecule has 0 aliphatic heterocycles. The van der Waals surface area contributed by atoms with Crippen molar-refractivity contribution in [3.8, 4) is 0 Å². The van der Waals surface area contributed by atoms with Gasteiger partial charge in [-0.3, -0.25) is 4.79 Å². The summed E-state index contributed by atoms with van der Waals surface area (Å²) in [5.41, 5.74) is -1.26. The van der Waals surface area contributed by atoms with Gasteiger partial charge in [0.2, 0.25) is 5.91 Å². The second kappa shape index (κ2) is 8.03. The molecule has 0 radical (unpaired) electrons. The second-order valence-electron chi connectivity index (χ2n) is 5.75. The van der Waals surface area contributed by atoms with Crippen LogP contribution < -0.4 is 16.0 Å². The third-order valence-corrected chi connectivity index (χ3v) is 3.86. The third-order valence-electron chi connectivity index (χ3n) is 3.86. The summed E-state index contributed by atoms with van der Waals surface area (Å²) in [4.78, 5) is 23.5. The number of carbonyl (C=O) groups excluding carboxylic acids is 2. The Bertz CT molecular complexity index is 584. The smallest absolute Gasteiger partial charge is 0.335 e. The molecule has 0 bridgehead atoms. The van der Waals surface area contributed by atoms with E-state index < -0.39 is 30.2 Å². The zero-order valence-electron chi connectivity index (χ0n) is 13.1. The molecule has 3 N–H and O–H groups in total. The van der Waals surface area contributed by atoms with E-state index in [1.807, 2.05) is 0 Å². The summed E-state index contributed by atoms with van der Waals surface area (Å²) in [6.45, 7) is -0.398. The van der Waals surface area contributed by atoms with Crippen LogP contribution in [0.25, 0.3) is 0 Å². The van der Waals surface area contributed by atoms with Crippen LogP contribution >= 0.6 is 0 Å². The Morgan fingerprint density at radius 2 is 1.75 bits per heavy atom. The summed E-state index contributed by atoms with van der Waals surface area (Å²) in [6.07, 6.45) is 0.507. The molecule has 8 heteroatoms. The van der Waals surface area contributed by atoms with Gasteiger partial charge in [-0.25, -0.2) is 4.79 Å². The molecule has 0 heterocycles. The molecular weight excluding hydrogens is 323 g/mol. The molecular formula is C16H20F3N3O2. The van der Waals surface area contributed by atoms with E-state index in [9.17, 15) is 22.8 Å². The molecule has 1 saturated carbocycles. The van der Waals surface area contributed by atoms with Crippen molar-refractivity contribution in [2.75, 3.05) is 11.9 Å². The molecule has 132 valence electrons. The van der Waals surface area contributed by atoms with Crippen LogP contribution in [0.3, 0.4) is 0 Å². The van der Waals surface area contributed by atoms with Crippen LogP contribution in [-0.4, -0.2) is 24.5 Å². The molecule has 24 heavy (non-hydrogen) atoms. The summed E-state index contributed by atoms with van der Waals surface area (Å²) >= 11 is 0. The predicted octanol–water partition coefficient (Wildman–Crippen LogP) is 3.28. The summed E-state index contributed by atoms with van der Waals surface area (Å²) in [6, 6.07) is 4.30. The number of urea groups is 1. The van der Waals surface area contributed by atoms with Gasteiger partial charge in [-0.2, -0.15) is 13.2 Å². The molecule has 0 atom stereocenters. The van der Waals surface area contributed by atoms with Gasteiger partial charge in [-0.1, -0.05) is 31.4 Å². The lowest BCUT2D eigenvalue weighted by Crippen LogP contribution is -2.45. The number of hydrogen-bond donors (Lipinski definition) is 3. The van der Waals surface area contributed by atoms with Gasteiger partial charge in [0.15, 0.2) is 0 Å². The van der Waals surface area contributed by atoms with Crippen molar-refractivity contribution in [3.63, 3.8) is 0 Å². The number of benzene rings is 1. The van der Waals surface area contributed by atoms with Gasteiger partial charge >= 0.3 is 12.2 Å². The maximum atomic E-state index is 12.8. The average Bonchev–Trinajstić information content (AvgIpc) is 2.53. The molecule has 0 spiro atoms. The Morgan fingerprint density at radius 1 is 1.08 bits per heavy atom. The highest BCUT2D eigenvalue weighted by atomic mass is 19.4. The number of hydrogen-bond acceptors (Lipinski definition) is 2. The Labute approximate surface area is 138 Å². The average molecular weight is 343 g/mol. The normalized spacial score (nSPS) is 15.6.